The van der Waals surface area contributed by atoms with Gasteiger partial charge in [0.05, 0.1) is 17.5 Å². The number of imide groups is 1. The minimum atomic E-state index is -0.132. The fourth-order valence-corrected chi connectivity index (χ4v) is 4.49. The van der Waals surface area contributed by atoms with Gasteiger partial charge in [0.2, 0.25) is 11.8 Å². The molecule has 28 heavy (non-hydrogen) atoms. The molecule has 2 unspecified atom stereocenters. The summed E-state index contributed by atoms with van der Waals surface area (Å²) < 4.78 is 6.07. The quantitative estimate of drug-likeness (QED) is 0.586. The molecule has 1 aliphatic heterocycles. The highest BCUT2D eigenvalue weighted by atomic mass is 16.5. The van der Waals surface area contributed by atoms with Gasteiger partial charge in [0.1, 0.15) is 11.5 Å². The molecule has 2 atom stereocenters. The van der Waals surface area contributed by atoms with Gasteiger partial charge in [-0.2, -0.15) is 0 Å². The predicted molar refractivity (Wildman–Crippen MR) is 108 cm³/mol. The highest BCUT2D eigenvalue weighted by Crippen LogP contribution is 2.40. The Labute approximate surface area is 163 Å². The Bertz CT molecular complexity index is 1030. The summed E-state index contributed by atoms with van der Waals surface area (Å²) in [7, 11) is 0. The summed E-state index contributed by atoms with van der Waals surface area (Å²) in [4.78, 5) is 26.9. The van der Waals surface area contributed by atoms with Crippen LogP contribution in [0.15, 0.2) is 66.7 Å². The van der Waals surface area contributed by atoms with Crippen molar-refractivity contribution in [3.63, 3.8) is 0 Å². The highest BCUT2D eigenvalue weighted by Gasteiger charge is 2.48. The van der Waals surface area contributed by atoms with E-state index in [9.17, 15) is 9.59 Å². The molecule has 1 heterocycles. The summed E-state index contributed by atoms with van der Waals surface area (Å²) in [6.45, 7) is 0. The third kappa shape index (κ3) is 2.76. The van der Waals surface area contributed by atoms with E-state index in [-0.39, 0.29) is 23.7 Å². The van der Waals surface area contributed by atoms with Crippen LogP contribution in [0.25, 0.3) is 10.8 Å². The second-order valence-corrected chi connectivity index (χ2v) is 7.58. The van der Waals surface area contributed by atoms with Crippen LogP contribution < -0.4 is 9.64 Å². The van der Waals surface area contributed by atoms with E-state index >= 15 is 0 Å². The predicted octanol–water partition coefficient (Wildman–Crippen LogP) is 5.31. The molecule has 2 aliphatic rings. The van der Waals surface area contributed by atoms with Crippen LogP contribution in [0.2, 0.25) is 0 Å². The number of fused-ring (bicyclic) bond motifs is 2. The van der Waals surface area contributed by atoms with Crippen LogP contribution in [0, 0.1) is 11.8 Å². The van der Waals surface area contributed by atoms with Crippen LogP contribution in [0.5, 0.6) is 11.5 Å². The molecule has 0 spiro atoms. The third-order valence-electron chi connectivity index (χ3n) is 5.91. The minimum absolute atomic E-state index is 0.0441. The van der Waals surface area contributed by atoms with Crippen LogP contribution in [0.3, 0.4) is 0 Å². The molecule has 0 aromatic heterocycles. The molecule has 140 valence electrons. The summed E-state index contributed by atoms with van der Waals surface area (Å²) in [5.41, 5.74) is 0.634. The number of ether oxygens (including phenoxy) is 1. The monoisotopic (exact) mass is 371 g/mol. The Morgan fingerprint density at radius 3 is 2.11 bits per heavy atom. The van der Waals surface area contributed by atoms with Crippen LogP contribution in [-0.4, -0.2) is 11.8 Å². The Balaban J connectivity index is 1.40. The summed E-state index contributed by atoms with van der Waals surface area (Å²) in [5, 5.41) is 2.16. The standard InChI is InChI=1S/C24H21NO3/c26-23-20-9-3-4-10-21(20)24(27)25(23)17-12-14-18(15-13-17)28-22-11-5-7-16-6-1-2-8-19(16)22/h1-2,5-8,11-15,20-21H,3-4,9-10H2. The average molecular weight is 371 g/mol. The molecular formula is C24H21NO3. The van der Waals surface area contributed by atoms with Crippen molar-refractivity contribution in [2.45, 2.75) is 25.7 Å². The van der Waals surface area contributed by atoms with Gasteiger partial charge in [-0.3, -0.25) is 14.5 Å². The topological polar surface area (TPSA) is 46.6 Å². The van der Waals surface area contributed by atoms with Crippen molar-refractivity contribution in [3.8, 4) is 11.5 Å². The summed E-state index contributed by atoms with van der Waals surface area (Å²) in [5.74, 6) is 1.11. The number of benzene rings is 3. The average Bonchev–Trinajstić information content (AvgIpc) is 3.00. The zero-order valence-corrected chi connectivity index (χ0v) is 15.5. The summed E-state index contributed by atoms with van der Waals surface area (Å²) in [6.07, 6.45) is 3.72. The van der Waals surface area contributed by atoms with Crippen molar-refractivity contribution < 1.29 is 14.3 Å². The van der Waals surface area contributed by atoms with Crippen molar-refractivity contribution in [2.24, 2.45) is 11.8 Å². The van der Waals surface area contributed by atoms with Crippen molar-refractivity contribution in [2.75, 3.05) is 4.90 Å². The van der Waals surface area contributed by atoms with Crippen LogP contribution >= 0.6 is 0 Å². The Morgan fingerprint density at radius 1 is 0.750 bits per heavy atom. The van der Waals surface area contributed by atoms with E-state index < -0.39 is 0 Å². The van der Waals surface area contributed by atoms with E-state index in [1.165, 1.54) is 4.90 Å². The largest absolute Gasteiger partial charge is 0.457 e. The molecule has 2 amide bonds. The zero-order valence-electron chi connectivity index (χ0n) is 15.5. The molecule has 5 rings (SSSR count). The lowest BCUT2D eigenvalue weighted by atomic mass is 9.81. The maximum Gasteiger partial charge on any atom is 0.237 e. The van der Waals surface area contributed by atoms with E-state index in [2.05, 4.69) is 12.1 Å². The van der Waals surface area contributed by atoms with Crippen LogP contribution in [0.4, 0.5) is 5.69 Å². The van der Waals surface area contributed by atoms with Gasteiger partial charge in [0.15, 0.2) is 0 Å². The van der Waals surface area contributed by atoms with Gasteiger partial charge in [-0.15, -0.1) is 0 Å². The first-order valence-electron chi connectivity index (χ1n) is 9.86. The Hall–Kier alpha value is -3.14. The van der Waals surface area contributed by atoms with Crippen molar-refractivity contribution in [1.29, 1.82) is 0 Å². The lowest BCUT2D eigenvalue weighted by Gasteiger charge is -2.19. The zero-order chi connectivity index (χ0) is 19.1. The molecule has 3 aromatic rings. The van der Waals surface area contributed by atoms with Gasteiger partial charge >= 0.3 is 0 Å². The molecule has 0 radical (unpaired) electrons. The van der Waals surface area contributed by atoms with E-state index in [1.54, 1.807) is 12.1 Å². The number of carbonyl (C=O) groups is 2. The second kappa shape index (κ2) is 6.79. The van der Waals surface area contributed by atoms with E-state index in [4.69, 9.17) is 4.74 Å². The lowest BCUT2D eigenvalue weighted by Crippen LogP contribution is -2.30. The molecule has 4 nitrogen and oxygen atoms in total. The highest BCUT2D eigenvalue weighted by molar-refractivity contribution is 6.22. The Morgan fingerprint density at radius 2 is 1.39 bits per heavy atom. The summed E-state index contributed by atoms with van der Waals surface area (Å²) in [6, 6.07) is 21.3. The van der Waals surface area contributed by atoms with Gasteiger partial charge in [-0.05, 0) is 48.6 Å². The molecule has 4 heteroatoms. The van der Waals surface area contributed by atoms with Gasteiger partial charge < -0.3 is 4.74 Å². The number of amides is 2. The fourth-order valence-electron chi connectivity index (χ4n) is 4.49. The molecule has 2 fully saturated rings. The maximum absolute atomic E-state index is 12.7. The number of rotatable bonds is 3. The second-order valence-electron chi connectivity index (χ2n) is 7.58. The Kier molecular flexibility index (Phi) is 4.12. The molecular weight excluding hydrogens is 350 g/mol. The van der Waals surface area contributed by atoms with E-state index in [0.717, 1.165) is 42.2 Å². The maximum atomic E-state index is 12.7. The molecule has 1 aliphatic carbocycles. The first-order valence-corrected chi connectivity index (χ1v) is 9.86. The molecule has 0 N–H and O–H groups in total. The van der Waals surface area contributed by atoms with Gasteiger partial charge in [-0.25, -0.2) is 0 Å². The smallest absolute Gasteiger partial charge is 0.237 e. The molecule has 1 saturated carbocycles. The molecule has 3 aromatic carbocycles. The fraction of sp³-hybridized carbons (Fsp3) is 0.250. The first kappa shape index (κ1) is 17.0. The van der Waals surface area contributed by atoms with E-state index in [1.807, 2.05) is 42.5 Å². The minimum Gasteiger partial charge on any atom is -0.457 e. The normalized spacial score (nSPS) is 21.8. The lowest BCUT2D eigenvalue weighted by molar-refractivity contribution is -0.122. The van der Waals surface area contributed by atoms with Crippen LogP contribution in [0.1, 0.15) is 25.7 Å². The SMILES string of the molecule is O=C1C2CCCCC2C(=O)N1c1ccc(Oc2cccc3ccccc23)cc1. The van der Waals surface area contributed by atoms with Gasteiger partial charge in [0.25, 0.3) is 0 Å². The van der Waals surface area contributed by atoms with Crippen molar-refractivity contribution in [1.82, 2.24) is 0 Å². The summed E-state index contributed by atoms with van der Waals surface area (Å²) >= 11 is 0. The molecule has 0 bridgehead atoms. The van der Waals surface area contributed by atoms with Crippen molar-refractivity contribution >= 4 is 28.3 Å². The van der Waals surface area contributed by atoms with Gasteiger partial charge in [0, 0.05) is 5.39 Å². The third-order valence-corrected chi connectivity index (χ3v) is 5.91. The number of hydrogen-bond acceptors (Lipinski definition) is 3. The first-order chi connectivity index (χ1) is 13.7. The molecule has 1 saturated heterocycles. The van der Waals surface area contributed by atoms with Crippen molar-refractivity contribution in [3.05, 3.63) is 66.7 Å². The number of nitrogens with zero attached hydrogens (tertiary/aromatic N) is 1. The van der Waals surface area contributed by atoms with E-state index in [0.29, 0.717) is 11.4 Å². The van der Waals surface area contributed by atoms with Crippen LogP contribution in [-0.2, 0) is 9.59 Å². The van der Waals surface area contributed by atoms with Gasteiger partial charge in [-0.1, -0.05) is 49.2 Å². The number of carbonyl (C=O) groups excluding carboxylic acids is 2. The number of anilines is 1. The number of hydrogen-bond donors (Lipinski definition) is 0.